The van der Waals surface area contributed by atoms with Crippen LogP contribution in [-0.2, 0) is 13.1 Å². The number of imidazole rings is 1. The lowest BCUT2D eigenvalue weighted by atomic mass is 9.89. The van der Waals surface area contributed by atoms with Crippen LogP contribution in [0.15, 0.2) is 12.1 Å². The highest BCUT2D eigenvalue weighted by atomic mass is 15.2. The molecule has 1 aromatic heterocycles. The lowest BCUT2D eigenvalue weighted by molar-refractivity contribution is 0.293. The summed E-state index contributed by atoms with van der Waals surface area (Å²) in [5, 5.41) is 0. The van der Waals surface area contributed by atoms with Gasteiger partial charge in [-0.05, 0) is 81.8 Å². The van der Waals surface area contributed by atoms with Gasteiger partial charge in [0.05, 0.1) is 17.6 Å². The smallest absolute Gasteiger partial charge is 0.124 e. The third-order valence-electron chi connectivity index (χ3n) is 6.17. The number of likely N-dealkylation sites (tertiary alicyclic amines) is 1. The minimum absolute atomic E-state index is 0.843. The molecule has 1 aliphatic carbocycles. The van der Waals surface area contributed by atoms with E-state index in [0.717, 1.165) is 12.5 Å². The first kappa shape index (κ1) is 16.1. The van der Waals surface area contributed by atoms with Gasteiger partial charge in [0.1, 0.15) is 5.82 Å². The lowest BCUT2D eigenvalue weighted by Crippen LogP contribution is -2.23. The molecular weight excluding hydrogens is 294 g/mol. The Hall–Kier alpha value is -1.35. The number of nitrogens with zero attached hydrogens (tertiary/aromatic N) is 3. The van der Waals surface area contributed by atoms with Gasteiger partial charge in [-0.15, -0.1) is 0 Å². The summed E-state index contributed by atoms with van der Waals surface area (Å²) in [6.07, 6.45) is 9.75. The summed E-state index contributed by atoms with van der Waals surface area (Å²) in [7, 11) is 0. The van der Waals surface area contributed by atoms with E-state index in [2.05, 4.69) is 35.4 Å². The van der Waals surface area contributed by atoms with Crippen LogP contribution in [0.1, 0.15) is 61.9 Å². The van der Waals surface area contributed by atoms with E-state index in [4.69, 9.17) is 4.98 Å². The largest absolute Gasteiger partial charge is 0.327 e. The first-order valence-electron chi connectivity index (χ1n) is 9.89. The van der Waals surface area contributed by atoms with Gasteiger partial charge in [-0.25, -0.2) is 4.98 Å². The van der Waals surface area contributed by atoms with Gasteiger partial charge < -0.3 is 4.57 Å². The van der Waals surface area contributed by atoms with Crippen molar-refractivity contribution in [2.45, 2.75) is 71.9 Å². The molecular formula is C21H31N3. The van der Waals surface area contributed by atoms with Crippen molar-refractivity contribution in [3.8, 4) is 0 Å². The Balaban J connectivity index is 1.69. The molecule has 0 N–H and O–H groups in total. The van der Waals surface area contributed by atoms with Crippen LogP contribution in [0.5, 0.6) is 0 Å². The Labute approximate surface area is 146 Å². The topological polar surface area (TPSA) is 21.1 Å². The molecule has 2 heterocycles. The molecule has 2 aliphatic rings. The van der Waals surface area contributed by atoms with Crippen LogP contribution in [0, 0.1) is 19.8 Å². The van der Waals surface area contributed by atoms with Crippen molar-refractivity contribution >= 4 is 11.0 Å². The molecule has 2 aromatic rings. The number of rotatable bonds is 4. The molecule has 1 aromatic carbocycles. The highest BCUT2D eigenvalue weighted by Gasteiger charge is 2.21. The summed E-state index contributed by atoms with van der Waals surface area (Å²) in [4.78, 5) is 7.65. The van der Waals surface area contributed by atoms with Crippen LogP contribution in [0.3, 0.4) is 0 Å². The van der Waals surface area contributed by atoms with Gasteiger partial charge in [-0.2, -0.15) is 0 Å². The molecule has 3 heteroatoms. The van der Waals surface area contributed by atoms with Gasteiger partial charge >= 0.3 is 0 Å². The molecule has 0 radical (unpaired) electrons. The van der Waals surface area contributed by atoms with E-state index in [1.165, 1.54) is 92.6 Å². The summed E-state index contributed by atoms with van der Waals surface area (Å²) in [6.45, 7) is 9.11. The number of benzene rings is 1. The summed E-state index contributed by atoms with van der Waals surface area (Å²) >= 11 is 0. The second-order valence-electron chi connectivity index (χ2n) is 8.05. The minimum Gasteiger partial charge on any atom is -0.327 e. The van der Waals surface area contributed by atoms with Gasteiger partial charge in [-0.1, -0.05) is 19.3 Å². The van der Waals surface area contributed by atoms with E-state index in [0.29, 0.717) is 0 Å². The van der Waals surface area contributed by atoms with Crippen LogP contribution in [-0.4, -0.2) is 27.5 Å². The van der Waals surface area contributed by atoms with Crippen molar-refractivity contribution < 1.29 is 0 Å². The second-order valence-corrected chi connectivity index (χ2v) is 8.05. The molecule has 130 valence electrons. The van der Waals surface area contributed by atoms with Crippen molar-refractivity contribution in [1.29, 1.82) is 0 Å². The molecule has 2 fully saturated rings. The normalized spacial score (nSPS) is 20.2. The highest BCUT2D eigenvalue weighted by Crippen LogP contribution is 2.29. The van der Waals surface area contributed by atoms with Crippen molar-refractivity contribution in [3.05, 3.63) is 29.1 Å². The molecule has 24 heavy (non-hydrogen) atoms. The number of fused-ring (bicyclic) bond motifs is 1. The summed E-state index contributed by atoms with van der Waals surface area (Å²) < 4.78 is 2.57. The molecule has 1 saturated heterocycles. The third-order valence-corrected chi connectivity index (χ3v) is 6.17. The second kappa shape index (κ2) is 6.87. The average Bonchev–Trinajstić information content (AvgIpc) is 3.19. The zero-order chi connectivity index (χ0) is 16.5. The van der Waals surface area contributed by atoms with Crippen LogP contribution in [0.25, 0.3) is 11.0 Å². The Morgan fingerprint density at radius 1 is 0.958 bits per heavy atom. The van der Waals surface area contributed by atoms with E-state index in [1.54, 1.807) is 0 Å². The number of hydrogen-bond donors (Lipinski definition) is 0. The zero-order valence-corrected chi connectivity index (χ0v) is 15.4. The Morgan fingerprint density at radius 3 is 2.42 bits per heavy atom. The Morgan fingerprint density at radius 2 is 1.67 bits per heavy atom. The summed E-state index contributed by atoms with van der Waals surface area (Å²) in [5.41, 5.74) is 5.30. The summed E-state index contributed by atoms with van der Waals surface area (Å²) in [6, 6.07) is 4.66. The molecule has 3 nitrogen and oxygen atoms in total. The molecule has 0 bridgehead atoms. The lowest BCUT2D eigenvalue weighted by Gasteiger charge is -2.24. The van der Waals surface area contributed by atoms with E-state index < -0.39 is 0 Å². The maximum absolute atomic E-state index is 5.06. The minimum atomic E-state index is 0.843. The van der Waals surface area contributed by atoms with Crippen molar-refractivity contribution in [2.75, 3.05) is 13.1 Å². The SMILES string of the molecule is Cc1cc2nc(CN3CCCC3)n(CC3CCCCC3)c2cc1C. The fraction of sp³-hybridized carbons (Fsp3) is 0.667. The number of aromatic nitrogens is 2. The Kier molecular flexibility index (Phi) is 4.62. The third kappa shape index (κ3) is 3.23. The maximum Gasteiger partial charge on any atom is 0.124 e. The van der Waals surface area contributed by atoms with Crippen LogP contribution in [0.2, 0.25) is 0 Å². The van der Waals surface area contributed by atoms with Crippen molar-refractivity contribution in [3.63, 3.8) is 0 Å². The van der Waals surface area contributed by atoms with E-state index in [9.17, 15) is 0 Å². The van der Waals surface area contributed by atoms with Crippen LogP contribution < -0.4 is 0 Å². The number of hydrogen-bond acceptors (Lipinski definition) is 2. The first-order chi connectivity index (χ1) is 11.7. The molecule has 0 atom stereocenters. The average molecular weight is 326 g/mol. The fourth-order valence-corrected chi connectivity index (χ4v) is 4.52. The first-order valence-corrected chi connectivity index (χ1v) is 9.89. The van der Waals surface area contributed by atoms with Crippen molar-refractivity contribution in [1.82, 2.24) is 14.5 Å². The predicted octanol–water partition coefficient (Wildman–Crippen LogP) is 4.83. The molecule has 0 amide bonds. The number of aryl methyl sites for hydroxylation is 2. The maximum atomic E-state index is 5.06. The van der Waals surface area contributed by atoms with E-state index in [1.807, 2.05) is 0 Å². The molecule has 0 unspecified atom stereocenters. The molecule has 4 rings (SSSR count). The Bertz CT molecular complexity index is 703. The van der Waals surface area contributed by atoms with Crippen LogP contribution in [0.4, 0.5) is 0 Å². The van der Waals surface area contributed by atoms with Gasteiger partial charge in [0.2, 0.25) is 0 Å². The standard InChI is InChI=1S/C21H31N3/c1-16-12-19-20(13-17(16)2)24(14-18-8-4-3-5-9-18)21(22-19)15-23-10-6-7-11-23/h12-13,18H,3-11,14-15H2,1-2H3. The zero-order valence-electron chi connectivity index (χ0n) is 15.4. The summed E-state index contributed by atoms with van der Waals surface area (Å²) in [5.74, 6) is 2.14. The van der Waals surface area contributed by atoms with Crippen molar-refractivity contribution in [2.24, 2.45) is 5.92 Å². The predicted molar refractivity (Wildman–Crippen MR) is 100 cm³/mol. The van der Waals surface area contributed by atoms with E-state index >= 15 is 0 Å². The molecule has 1 saturated carbocycles. The molecule has 0 spiro atoms. The van der Waals surface area contributed by atoms with Gasteiger partial charge in [0.15, 0.2) is 0 Å². The highest BCUT2D eigenvalue weighted by molar-refractivity contribution is 5.78. The van der Waals surface area contributed by atoms with E-state index in [-0.39, 0.29) is 0 Å². The quantitative estimate of drug-likeness (QED) is 0.803. The monoisotopic (exact) mass is 325 g/mol. The van der Waals surface area contributed by atoms with Gasteiger partial charge in [0, 0.05) is 6.54 Å². The van der Waals surface area contributed by atoms with Gasteiger partial charge in [0.25, 0.3) is 0 Å². The molecule has 1 aliphatic heterocycles. The van der Waals surface area contributed by atoms with Gasteiger partial charge in [-0.3, -0.25) is 4.90 Å². The fourth-order valence-electron chi connectivity index (χ4n) is 4.52. The van der Waals surface area contributed by atoms with Crippen LogP contribution >= 0.6 is 0 Å².